The van der Waals surface area contributed by atoms with Gasteiger partial charge in [-0.2, -0.15) is 0 Å². The Morgan fingerprint density at radius 3 is 2.65 bits per heavy atom. The molecular formula is C26H28N6O2. The van der Waals surface area contributed by atoms with E-state index in [0.717, 1.165) is 49.5 Å². The number of rotatable bonds is 4. The molecule has 1 spiro atoms. The van der Waals surface area contributed by atoms with E-state index in [1.54, 1.807) is 18.0 Å². The third-order valence-corrected chi connectivity index (χ3v) is 7.62. The number of piperidine rings is 1. The number of nitrogens with one attached hydrogen (secondary N) is 1. The molecular weight excluding hydrogens is 428 g/mol. The van der Waals surface area contributed by atoms with Crippen LogP contribution >= 0.6 is 0 Å². The van der Waals surface area contributed by atoms with Crippen molar-refractivity contribution in [1.29, 1.82) is 0 Å². The fourth-order valence-electron chi connectivity index (χ4n) is 5.61. The highest BCUT2D eigenvalue weighted by Gasteiger charge is 2.45. The topological polar surface area (TPSA) is 102 Å². The number of benzene rings is 2. The van der Waals surface area contributed by atoms with Crippen molar-refractivity contribution in [2.75, 3.05) is 25.1 Å². The summed E-state index contributed by atoms with van der Waals surface area (Å²) in [5.74, 6) is 1.60. The number of fused-ring (bicyclic) bond motifs is 2. The van der Waals surface area contributed by atoms with Crippen molar-refractivity contribution in [2.24, 2.45) is 11.1 Å². The first-order valence-corrected chi connectivity index (χ1v) is 11.7. The van der Waals surface area contributed by atoms with Crippen molar-refractivity contribution in [3.63, 3.8) is 0 Å². The van der Waals surface area contributed by atoms with Gasteiger partial charge in [0.15, 0.2) is 11.2 Å². The number of nitrogens with zero attached hydrogens (tertiary/aromatic N) is 4. The Labute approximate surface area is 197 Å². The molecule has 3 N–H and O–H groups in total. The molecule has 1 fully saturated rings. The minimum absolute atomic E-state index is 0.0822. The van der Waals surface area contributed by atoms with Gasteiger partial charge in [0.1, 0.15) is 11.6 Å². The maximum Gasteiger partial charge on any atom is 0.292 e. The zero-order chi connectivity index (χ0) is 23.3. The lowest BCUT2D eigenvalue weighted by atomic mass is 9.73. The zero-order valence-corrected chi connectivity index (χ0v) is 19.2. The van der Waals surface area contributed by atoms with E-state index < -0.39 is 0 Å². The molecule has 0 amide bonds. The fraction of sp³-hybridized carbons (Fsp3) is 0.346. The molecule has 174 valence electrons. The molecule has 1 saturated heterocycles. The highest BCUT2D eigenvalue weighted by Crippen LogP contribution is 2.50. The fourth-order valence-corrected chi connectivity index (χ4v) is 5.61. The first-order valence-electron chi connectivity index (χ1n) is 11.7. The van der Waals surface area contributed by atoms with E-state index in [4.69, 9.17) is 15.5 Å². The Morgan fingerprint density at radius 1 is 1.15 bits per heavy atom. The molecule has 0 saturated carbocycles. The Bertz CT molecular complexity index is 1400. The number of hydrogen-bond donors (Lipinski definition) is 2. The normalized spacial score (nSPS) is 19.0. The largest absolute Gasteiger partial charge is 0.497 e. The molecule has 1 atom stereocenters. The maximum atomic E-state index is 12.5. The van der Waals surface area contributed by atoms with Crippen LogP contribution in [-0.4, -0.2) is 39.9 Å². The summed E-state index contributed by atoms with van der Waals surface area (Å²) in [4.78, 5) is 24.1. The molecule has 2 aliphatic rings. The lowest BCUT2D eigenvalue weighted by molar-refractivity contribution is 0.187. The van der Waals surface area contributed by atoms with E-state index >= 15 is 0 Å². The summed E-state index contributed by atoms with van der Waals surface area (Å²) < 4.78 is 7.00. The molecule has 34 heavy (non-hydrogen) atoms. The molecule has 3 heterocycles. The van der Waals surface area contributed by atoms with Gasteiger partial charge >= 0.3 is 0 Å². The average molecular weight is 457 g/mol. The highest BCUT2D eigenvalue weighted by molar-refractivity contribution is 5.71. The SMILES string of the molecule is COc1ccc(Cn2[nH]c(=O)c3ncc(N4CCC5(CC4)Cc4ccccc4C5N)nc32)cc1. The second-order valence-corrected chi connectivity index (χ2v) is 9.48. The lowest BCUT2D eigenvalue weighted by Gasteiger charge is -2.42. The Hall–Kier alpha value is -3.65. The van der Waals surface area contributed by atoms with Gasteiger partial charge in [-0.25, -0.2) is 9.97 Å². The van der Waals surface area contributed by atoms with E-state index in [1.165, 1.54) is 11.1 Å². The van der Waals surface area contributed by atoms with Crippen LogP contribution in [0.15, 0.2) is 59.5 Å². The second kappa shape index (κ2) is 7.99. The first-order chi connectivity index (χ1) is 16.6. The molecule has 8 nitrogen and oxygen atoms in total. The minimum atomic E-state index is -0.227. The summed E-state index contributed by atoms with van der Waals surface area (Å²) in [6, 6.07) is 16.4. The Kier molecular flexibility index (Phi) is 4.91. The molecule has 0 radical (unpaired) electrons. The second-order valence-electron chi connectivity index (χ2n) is 9.48. The number of aromatic nitrogens is 4. The number of H-pyrrole nitrogens is 1. The molecule has 4 aromatic rings. The summed E-state index contributed by atoms with van der Waals surface area (Å²) in [5, 5.41) is 2.89. The molecule has 6 rings (SSSR count). The van der Waals surface area contributed by atoms with E-state index in [9.17, 15) is 4.79 Å². The first kappa shape index (κ1) is 20.9. The van der Waals surface area contributed by atoms with Crippen molar-refractivity contribution >= 4 is 17.0 Å². The zero-order valence-electron chi connectivity index (χ0n) is 19.2. The lowest BCUT2D eigenvalue weighted by Crippen LogP contribution is -2.44. The van der Waals surface area contributed by atoms with Gasteiger partial charge < -0.3 is 15.4 Å². The molecule has 2 aromatic heterocycles. The predicted octanol–water partition coefficient (Wildman–Crippen LogP) is 3.02. The molecule has 8 heteroatoms. The van der Waals surface area contributed by atoms with Gasteiger partial charge in [-0.05, 0) is 53.5 Å². The summed E-state index contributed by atoms with van der Waals surface area (Å²) in [7, 11) is 1.64. The van der Waals surface area contributed by atoms with Crippen molar-refractivity contribution in [3.8, 4) is 5.75 Å². The van der Waals surface area contributed by atoms with Gasteiger partial charge in [0.05, 0.1) is 19.9 Å². The standard InChI is InChI=1S/C26H28N6O2/c1-34-19-8-6-17(7-9-19)16-32-24-22(25(33)30-32)28-15-21(29-24)31-12-10-26(11-13-31)14-18-4-2-3-5-20(18)23(26)27/h2-9,15,23H,10-14,16,27H2,1H3,(H,30,33). The van der Waals surface area contributed by atoms with Crippen molar-refractivity contribution < 1.29 is 4.74 Å². The number of methoxy groups -OCH3 is 1. The number of anilines is 1. The predicted molar refractivity (Wildman–Crippen MR) is 131 cm³/mol. The third-order valence-electron chi connectivity index (χ3n) is 7.62. The quantitative estimate of drug-likeness (QED) is 0.489. The van der Waals surface area contributed by atoms with Crippen LogP contribution in [0.4, 0.5) is 5.82 Å². The van der Waals surface area contributed by atoms with Crippen molar-refractivity contribution in [3.05, 3.63) is 81.8 Å². The smallest absolute Gasteiger partial charge is 0.292 e. The Morgan fingerprint density at radius 2 is 1.91 bits per heavy atom. The van der Waals surface area contributed by atoms with Crippen LogP contribution < -0.4 is 20.9 Å². The van der Waals surface area contributed by atoms with Crippen LogP contribution in [0, 0.1) is 5.41 Å². The van der Waals surface area contributed by atoms with Crippen LogP contribution in [0.25, 0.3) is 11.2 Å². The number of hydrogen-bond acceptors (Lipinski definition) is 6. The van der Waals surface area contributed by atoms with Crippen LogP contribution in [0.5, 0.6) is 5.75 Å². The van der Waals surface area contributed by atoms with Gasteiger partial charge in [0.2, 0.25) is 0 Å². The van der Waals surface area contributed by atoms with Gasteiger partial charge in [-0.15, -0.1) is 0 Å². The van der Waals surface area contributed by atoms with Crippen LogP contribution in [0.2, 0.25) is 0 Å². The maximum absolute atomic E-state index is 12.5. The molecule has 1 unspecified atom stereocenters. The van der Waals surface area contributed by atoms with Gasteiger partial charge in [0.25, 0.3) is 5.56 Å². The summed E-state index contributed by atoms with van der Waals surface area (Å²) in [6.07, 6.45) is 4.78. The number of nitrogens with two attached hydrogens (primary N) is 1. The molecule has 1 aliphatic heterocycles. The van der Waals surface area contributed by atoms with Crippen molar-refractivity contribution in [1.82, 2.24) is 19.7 Å². The summed E-state index contributed by atoms with van der Waals surface area (Å²) in [5.41, 5.74) is 11.3. The summed E-state index contributed by atoms with van der Waals surface area (Å²) >= 11 is 0. The van der Waals surface area contributed by atoms with Gasteiger partial charge in [0, 0.05) is 19.1 Å². The monoisotopic (exact) mass is 456 g/mol. The van der Waals surface area contributed by atoms with Gasteiger partial charge in [-0.3, -0.25) is 14.6 Å². The molecule has 1 aliphatic carbocycles. The van der Waals surface area contributed by atoms with E-state index in [2.05, 4.69) is 39.2 Å². The minimum Gasteiger partial charge on any atom is -0.497 e. The van der Waals surface area contributed by atoms with E-state index in [1.807, 2.05) is 24.3 Å². The summed E-state index contributed by atoms with van der Waals surface area (Å²) in [6.45, 7) is 2.24. The van der Waals surface area contributed by atoms with Crippen LogP contribution in [0.1, 0.15) is 35.6 Å². The van der Waals surface area contributed by atoms with Crippen LogP contribution in [0.3, 0.4) is 0 Å². The van der Waals surface area contributed by atoms with E-state index in [0.29, 0.717) is 17.7 Å². The average Bonchev–Trinajstić information content (AvgIpc) is 3.33. The molecule has 0 bridgehead atoms. The highest BCUT2D eigenvalue weighted by atomic mass is 16.5. The van der Waals surface area contributed by atoms with Gasteiger partial charge in [-0.1, -0.05) is 36.4 Å². The van der Waals surface area contributed by atoms with Crippen molar-refractivity contribution in [2.45, 2.75) is 31.8 Å². The Balaban J connectivity index is 1.24. The van der Waals surface area contributed by atoms with Crippen LogP contribution in [-0.2, 0) is 13.0 Å². The number of ether oxygens (including phenoxy) is 1. The third kappa shape index (κ3) is 3.37. The number of aromatic amines is 1. The molecule has 2 aromatic carbocycles. The van der Waals surface area contributed by atoms with E-state index in [-0.39, 0.29) is 17.0 Å².